The van der Waals surface area contributed by atoms with Gasteiger partial charge in [0, 0.05) is 31.6 Å². The zero-order chi connectivity index (χ0) is 18.2. The second-order valence-corrected chi connectivity index (χ2v) is 6.46. The Bertz CT molecular complexity index is 729. The molecule has 0 saturated carbocycles. The highest BCUT2D eigenvalue weighted by Crippen LogP contribution is 2.11. The molecule has 2 rings (SSSR count). The van der Waals surface area contributed by atoms with Crippen molar-refractivity contribution < 1.29 is 9.59 Å². The van der Waals surface area contributed by atoms with E-state index in [2.05, 4.69) is 5.32 Å². The molecule has 0 saturated heterocycles. The Balaban J connectivity index is 1.82. The Labute approximate surface area is 153 Å². The summed E-state index contributed by atoms with van der Waals surface area (Å²) in [7, 11) is 0. The molecule has 0 heterocycles. The molecule has 0 aromatic heterocycles. The molecule has 0 aliphatic rings. The van der Waals surface area contributed by atoms with Crippen LogP contribution in [0.5, 0.6) is 0 Å². The van der Waals surface area contributed by atoms with E-state index in [9.17, 15) is 9.59 Å². The van der Waals surface area contributed by atoms with Crippen LogP contribution in [0.25, 0.3) is 0 Å². The van der Waals surface area contributed by atoms with E-state index in [4.69, 9.17) is 11.6 Å². The number of nitrogens with zero attached hydrogens (tertiary/aromatic N) is 1. The molecular weight excluding hydrogens is 336 g/mol. The Hall–Kier alpha value is -2.33. The lowest BCUT2D eigenvalue weighted by atomic mass is 10.1. The molecule has 2 aromatic carbocycles. The fourth-order valence-corrected chi connectivity index (χ4v) is 2.65. The Morgan fingerprint density at radius 1 is 1.08 bits per heavy atom. The van der Waals surface area contributed by atoms with E-state index >= 15 is 0 Å². The summed E-state index contributed by atoms with van der Waals surface area (Å²) in [5.41, 5.74) is 3.18. The minimum atomic E-state index is -0.0679. The van der Waals surface area contributed by atoms with Gasteiger partial charge < -0.3 is 10.2 Å². The molecule has 0 aliphatic carbocycles. The van der Waals surface area contributed by atoms with Crippen LogP contribution in [0.2, 0.25) is 5.02 Å². The number of halogens is 1. The SMILES string of the molecule is CC(=O)N(CCNC(=O)Cc1ccc(Cl)cc1)Cc1ccccc1C. The number of hydrogen-bond acceptors (Lipinski definition) is 2. The second kappa shape index (κ2) is 9.23. The van der Waals surface area contributed by atoms with E-state index in [-0.39, 0.29) is 11.8 Å². The summed E-state index contributed by atoms with van der Waals surface area (Å²) in [5.74, 6) is -0.0723. The first-order valence-corrected chi connectivity index (χ1v) is 8.64. The maximum atomic E-state index is 12.0. The van der Waals surface area contributed by atoms with Gasteiger partial charge in [-0.15, -0.1) is 0 Å². The van der Waals surface area contributed by atoms with Crippen LogP contribution in [0.3, 0.4) is 0 Å². The molecule has 132 valence electrons. The third-order valence-electron chi connectivity index (χ3n) is 4.05. The summed E-state index contributed by atoms with van der Waals surface area (Å²) < 4.78 is 0. The van der Waals surface area contributed by atoms with Gasteiger partial charge >= 0.3 is 0 Å². The molecule has 2 aromatic rings. The smallest absolute Gasteiger partial charge is 0.224 e. The zero-order valence-electron chi connectivity index (χ0n) is 14.6. The minimum absolute atomic E-state index is 0.00444. The molecule has 0 radical (unpaired) electrons. The number of amides is 2. The summed E-state index contributed by atoms with van der Waals surface area (Å²) >= 11 is 5.84. The first kappa shape index (κ1) is 19.0. The lowest BCUT2D eigenvalue weighted by Gasteiger charge is -2.22. The summed E-state index contributed by atoms with van der Waals surface area (Å²) in [6.45, 7) is 5.04. The van der Waals surface area contributed by atoms with Crippen LogP contribution in [0.1, 0.15) is 23.6 Å². The van der Waals surface area contributed by atoms with Gasteiger partial charge in [-0.25, -0.2) is 0 Å². The van der Waals surface area contributed by atoms with Crippen molar-refractivity contribution in [2.75, 3.05) is 13.1 Å². The molecule has 25 heavy (non-hydrogen) atoms. The number of hydrogen-bond donors (Lipinski definition) is 1. The van der Waals surface area contributed by atoms with Crippen molar-refractivity contribution in [2.24, 2.45) is 0 Å². The highest BCUT2D eigenvalue weighted by Gasteiger charge is 2.11. The number of rotatable bonds is 7. The minimum Gasteiger partial charge on any atom is -0.354 e. The van der Waals surface area contributed by atoms with Crippen LogP contribution >= 0.6 is 11.6 Å². The third-order valence-corrected chi connectivity index (χ3v) is 4.30. The van der Waals surface area contributed by atoms with Crippen LogP contribution < -0.4 is 5.32 Å². The van der Waals surface area contributed by atoms with Gasteiger partial charge in [0.1, 0.15) is 0 Å². The Kier molecular flexibility index (Phi) is 7.02. The molecule has 0 fully saturated rings. The van der Waals surface area contributed by atoms with Crippen LogP contribution in [0.15, 0.2) is 48.5 Å². The Morgan fingerprint density at radius 2 is 1.76 bits per heavy atom. The van der Waals surface area contributed by atoms with Crippen molar-refractivity contribution >= 4 is 23.4 Å². The van der Waals surface area contributed by atoms with Crippen molar-refractivity contribution in [3.8, 4) is 0 Å². The number of aryl methyl sites for hydroxylation is 1. The molecule has 0 unspecified atom stereocenters. The van der Waals surface area contributed by atoms with E-state index < -0.39 is 0 Å². The van der Waals surface area contributed by atoms with Gasteiger partial charge in [0.05, 0.1) is 6.42 Å². The van der Waals surface area contributed by atoms with Crippen molar-refractivity contribution in [3.63, 3.8) is 0 Å². The van der Waals surface area contributed by atoms with Gasteiger partial charge in [-0.2, -0.15) is 0 Å². The fraction of sp³-hybridized carbons (Fsp3) is 0.300. The van der Waals surface area contributed by atoms with Gasteiger partial charge in [-0.3, -0.25) is 9.59 Å². The first-order valence-electron chi connectivity index (χ1n) is 8.27. The predicted molar refractivity (Wildman–Crippen MR) is 100 cm³/mol. The van der Waals surface area contributed by atoms with Crippen LogP contribution in [0, 0.1) is 6.92 Å². The summed E-state index contributed by atoms with van der Waals surface area (Å²) in [5, 5.41) is 3.52. The molecule has 5 heteroatoms. The third kappa shape index (κ3) is 6.24. The van der Waals surface area contributed by atoms with Crippen molar-refractivity contribution in [1.29, 1.82) is 0 Å². The van der Waals surface area contributed by atoms with E-state index in [1.54, 1.807) is 24.0 Å². The van der Waals surface area contributed by atoms with Crippen molar-refractivity contribution in [1.82, 2.24) is 10.2 Å². The van der Waals surface area contributed by atoms with Crippen LogP contribution in [0.4, 0.5) is 0 Å². The quantitative estimate of drug-likeness (QED) is 0.825. The van der Waals surface area contributed by atoms with Gasteiger partial charge in [-0.05, 0) is 35.7 Å². The van der Waals surface area contributed by atoms with Gasteiger partial charge in [-0.1, -0.05) is 48.0 Å². The topological polar surface area (TPSA) is 49.4 Å². The van der Waals surface area contributed by atoms with Crippen LogP contribution in [-0.2, 0) is 22.6 Å². The average Bonchev–Trinajstić information content (AvgIpc) is 2.57. The Morgan fingerprint density at radius 3 is 2.40 bits per heavy atom. The molecule has 0 bridgehead atoms. The lowest BCUT2D eigenvalue weighted by molar-refractivity contribution is -0.130. The van der Waals surface area contributed by atoms with E-state index in [0.29, 0.717) is 31.1 Å². The zero-order valence-corrected chi connectivity index (χ0v) is 15.3. The van der Waals surface area contributed by atoms with Gasteiger partial charge in [0.25, 0.3) is 0 Å². The standard InChI is InChI=1S/C20H23ClN2O2/c1-15-5-3-4-6-18(15)14-23(16(2)24)12-11-22-20(25)13-17-7-9-19(21)10-8-17/h3-10H,11-14H2,1-2H3,(H,22,25). The maximum absolute atomic E-state index is 12.0. The molecule has 0 atom stereocenters. The van der Waals surface area contributed by atoms with Gasteiger partial charge in [0.15, 0.2) is 0 Å². The van der Waals surface area contributed by atoms with E-state index in [0.717, 1.165) is 16.7 Å². The maximum Gasteiger partial charge on any atom is 0.224 e. The highest BCUT2D eigenvalue weighted by molar-refractivity contribution is 6.30. The van der Waals surface area contributed by atoms with Crippen molar-refractivity contribution in [3.05, 3.63) is 70.2 Å². The molecule has 0 aliphatic heterocycles. The molecule has 1 N–H and O–H groups in total. The number of benzene rings is 2. The number of nitrogens with one attached hydrogen (secondary N) is 1. The fourth-order valence-electron chi connectivity index (χ4n) is 2.52. The lowest BCUT2D eigenvalue weighted by Crippen LogP contribution is -2.37. The summed E-state index contributed by atoms with van der Waals surface area (Å²) in [6, 6.07) is 15.2. The van der Waals surface area contributed by atoms with Gasteiger partial charge in [0.2, 0.25) is 11.8 Å². The molecule has 4 nitrogen and oxygen atoms in total. The molecular formula is C20H23ClN2O2. The first-order chi connectivity index (χ1) is 12.0. The molecule has 2 amide bonds. The number of carbonyl (C=O) groups is 2. The number of carbonyl (C=O) groups excluding carboxylic acids is 2. The van der Waals surface area contributed by atoms with E-state index in [1.807, 2.05) is 43.3 Å². The van der Waals surface area contributed by atoms with E-state index in [1.165, 1.54) is 0 Å². The van der Waals surface area contributed by atoms with Crippen LogP contribution in [-0.4, -0.2) is 29.8 Å². The summed E-state index contributed by atoms with van der Waals surface area (Å²) in [4.78, 5) is 25.6. The predicted octanol–water partition coefficient (Wildman–Crippen LogP) is 3.36. The highest BCUT2D eigenvalue weighted by atomic mass is 35.5. The molecule has 0 spiro atoms. The largest absolute Gasteiger partial charge is 0.354 e. The second-order valence-electron chi connectivity index (χ2n) is 6.02. The van der Waals surface area contributed by atoms with Crippen molar-refractivity contribution in [2.45, 2.75) is 26.8 Å². The normalized spacial score (nSPS) is 10.4. The monoisotopic (exact) mass is 358 g/mol. The average molecular weight is 359 g/mol. The summed E-state index contributed by atoms with van der Waals surface area (Å²) in [6.07, 6.45) is 0.301.